The molecule has 1 aromatic carbocycles. The summed E-state index contributed by atoms with van der Waals surface area (Å²) in [6.07, 6.45) is 2.29. The summed E-state index contributed by atoms with van der Waals surface area (Å²) in [5.74, 6) is 0.0838. The number of benzene rings is 1. The van der Waals surface area contributed by atoms with Gasteiger partial charge in [-0.05, 0) is 30.9 Å². The summed E-state index contributed by atoms with van der Waals surface area (Å²) < 4.78 is 0. The van der Waals surface area contributed by atoms with Gasteiger partial charge in [0.25, 0.3) is 0 Å². The molecule has 1 amide bonds. The summed E-state index contributed by atoms with van der Waals surface area (Å²) in [6, 6.07) is 8.72. The Labute approximate surface area is 122 Å². The molecule has 1 atom stereocenters. The molecule has 0 aliphatic heterocycles. The van der Waals surface area contributed by atoms with Crippen LogP contribution in [0.25, 0.3) is 0 Å². The molecule has 0 aliphatic carbocycles. The molecule has 1 rings (SSSR count). The molecule has 0 heterocycles. The average molecular weight is 276 g/mol. The van der Waals surface area contributed by atoms with Gasteiger partial charge >= 0.3 is 0 Å². The molecule has 3 nitrogen and oxygen atoms in total. The van der Waals surface area contributed by atoms with Gasteiger partial charge in [0, 0.05) is 24.4 Å². The van der Waals surface area contributed by atoms with Crippen LogP contribution in [0.15, 0.2) is 24.3 Å². The van der Waals surface area contributed by atoms with Gasteiger partial charge in [-0.2, -0.15) is 0 Å². The standard InChI is InChI=1S/C17H28N2O/c1-5-14-7-9-15(10-8-14)17(3,4)12-19-16(20)11-6-13(2)18/h7-10,13H,5-6,11-12,18H2,1-4H3,(H,19,20). The number of hydrogen-bond acceptors (Lipinski definition) is 2. The number of carbonyl (C=O) groups is 1. The Morgan fingerprint density at radius 3 is 2.40 bits per heavy atom. The summed E-state index contributed by atoms with van der Waals surface area (Å²) >= 11 is 0. The first-order valence-electron chi connectivity index (χ1n) is 7.47. The highest BCUT2D eigenvalue weighted by Gasteiger charge is 2.21. The lowest BCUT2D eigenvalue weighted by molar-refractivity contribution is -0.121. The SMILES string of the molecule is CCc1ccc(C(C)(C)CNC(=O)CCC(C)N)cc1. The van der Waals surface area contributed by atoms with E-state index in [1.807, 2.05) is 6.92 Å². The van der Waals surface area contributed by atoms with Crippen molar-refractivity contribution in [2.24, 2.45) is 5.73 Å². The van der Waals surface area contributed by atoms with E-state index in [0.29, 0.717) is 13.0 Å². The third kappa shape index (κ3) is 5.33. The third-order valence-electron chi connectivity index (χ3n) is 3.70. The number of nitrogens with one attached hydrogen (secondary N) is 1. The average Bonchev–Trinajstić information content (AvgIpc) is 2.43. The Hall–Kier alpha value is -1.35. The fraction of sp³-hybridized carbons (Fsp3) is 0.588. The zero-order valence-corrected chi connectivity index (χ0v) is 13.2. The minimum Gasteiger partial charge on any atom is -0.355 e. The Bertz CT molecular complexity index is 421. The fourth-order valence-corrected chi connectivity index (χ4v) is 2.06. The van der Waals surface area contributed by atoms with Crippen LogP contribution in [0.5, 0.6) is 0 Å². The Kier molecular flexibility index (Phi) is 6.21. The van der Waals surface area contributed by atoms with Gasteiger partial charge < -0.3 is 11.1 Å². The molecular weight excluding hydrogens is 248 g/mol. The van der Waals surface area contributed by atoms with Crippen molar-refractivity contribution in [2.45, 2.75) is 58.4 Å². The smallest absolute Gasteiger partial charge is 0.220 e. The van der Waals surface area contributed by atoms with E-state index in [2.05, 4.69) is 50.4 Å². The van der Waals surface area contributed by atoms with E-state index in [0.717, 1.165) is 12.8 Å². The number of amides is 1. The van der Waals surface area contributed by atoms with Gasteiger partial charge in [-0.25, -0.2) is 0 Å². The summed E-state index contributed by atoms with van der Waals surface area (Å²) in [4.78, 5) is 11.8. The molecule has 0 fully saturated rings. The minimum absolute atomic E-state index is 0.0593. The van der Waals surface area contributed by atoms with Crippen LogP contribution in [0.2, 0.25) is 0 Å². The van der Waals surface area contributed by atoms with Crippen LogP contribution < -0.4 is 11.1 Å². The zero-order valence-electron chi connectivity index (χ0n) is 13.2. The Morgan fingerprint density at radius 1 is 1.30 bits per heavy atom. The molecule has 0 aromatic heterocycles. The summed E-state index contributed by atoms with van der Waals surface area (Å²) in [5, 5.41) is 3.01. The predicted octanol–water partition coefficient (Wildman–Crippen LogP) is 2.77. The topological polar surface area (TPSA) is 55.1 Å². The molecule has 0 bridgehead atoms. The van der Waals surface area contributed by atoms with Crippen molar-refractivity contribution in [1.82, 2.24) is 5.32 Å². The van der Waals surface area contributed by atoms with Crippen LogP contribution >= 0.6 is 0 Å². The minimum atomic E-state index is -0.0593. The fourth-order valence-electron chi connectivity index (χ4n) is 2.06. The maximum absolute atomic E-state index is 11.8. The third-order valence-corrected chi connectivity index (χ3v) is 3.70. The second-order valence-electron chi connectivity index (χ2n) is 6.23. The monoisotopic (exact) mass is 276 g/mol. The van der Waals surface area contributed by atoms with Crippen molar-refractivity contribution in [3.05, 3.63) is 35.4 Å². The molecule has 20 heavy (non-hydrogen) atoms. The molecule has 0 saturated heterocycles. The number of hydrogen-bond donors (Lipinski definition) is 2. The Morgan fingerprint density at radius 2 is 1.90 bits per heavy atom. The van der Waals surface area contributed by atoms with E-state index in [1.54, 1.807) is 0 Å². The second-order valence-corrected chi connectivity index (χ2v) is 6.23. The number of nitrogens with two attached hydrogens (primary N) is 1. The molecule has 112 valence electrons. The molecule has 1 unspecified atom stereocenters. The summed E-state index contributed by atoms with van der Waals surface area (Å²) in [5.41, 5.74) is 8.19. The van der Waals surface area contributed by atoms with Gasteiger partial charge in [0.1, 0.15) is 0 Å². The highest BCUT2D eigenvalue weighted by molar-refractivity contribution is 5.76. The molecule has 3 heteroatoms. The van der Waals surface area contributed by atoms with Crippen LogP contribution in [0.1, 0.15) is 51.7 Å². The van der Waals surface area contributed by atoms with E-state index in [9.17, 15) is 4.79 Å². The maximum atomic E-state index is 11.8. The van der Waals surface area contributed by atoms with E-state index in [-0.39, 0.29) is 17.4 Å². The largest absolute Gasteiger partial charge is 0.355 e. The maximum Gasteiger partial charge on any atom is 0.220 e. The molecule has 0 spiro atoms. The number of aryl methyl sites for hydroxylation is 1. The van der Waals surface area contributed by atoms with Crippen LogP contribution in [0.3, 0.4) is 0 Å². The van der Waals surface area contributed by atoms with Crippen LogP contribution in [-0.4, -0.2) is 18.5 Å². The quantitative estimate of drug-likeness (QED) is 0.804. The van der Waals surface area contributed by atoms with Gasteiger partial charge in [0.15, 0.2) is 0 Å². The van der Waals surface area contributed by atoms with Crippen molar-refractivity contribution < 1.29 is 4.79 Å². The van der Waals surface area contributed by atoms with E-state index >= 15 is 0 Å². The molecule has 0 aliphatic rings. The lowest BCUT2D eigenvalue weighted by Gasteiger charge is -2.26. The van der Waals surface area contributed by atoms with Gasteiger partial charge in [-0.15, -0.1) is 0 Å². The van der Waals surface area contributed by atoms with Crippen molar-refractivity contribution in [3.8, 4) is 0 Å². The van der Waals surface area contributed by atoms with Gasteiger partial charge in [0.2, 0.25) is 5.91 Å². The lowest BCUT2D eigenvalue weighted by Crippen LogP contribution is -2.37. The summed E-state index contributed by atoms with van der Waals surface area (Å²) in [6.45, 7) is 9.03. The first-order valence-corrected chi connectivity index (χ1v) is 7.47. The van der Waals surface area contributed by atoms with Gasteiger partial charge in [-0.3, -0.25) is 4.79 Å². The van der Waals surface area contributed by atoms with E-state index in [1.165, 1.54) is 11.1 Å². The lowest BCUT2D eigenvalue weighted by atomic mass is 9.84. The first kappa shape index (κ1) is 16.7. The van der Waals surface area contributed by atoms with Crippen LogP contribution in [0.4, 0.5) is 0 Å². The molecule has 0 saturated carbocycles. The second kappa shape index (κ2) is 7.44. The summed E-state index contributed by atoms with van der Waals surface area (Å²) in [7, 11) is 0. The van der Waals surface area contributed by atoms with Crippen LogP contribution in [-0.2, 0) is 16.6 Å². The normalized spacial score (nSPS) is 13.1. The van der Waals surface area contributed by atoms with Crippen LogP contribution in [0, 0.1) is 0 Å². The van der Waals surface area contributed by atoms with Crippen molar-refractivity contribution in [2.75, 3.05) is 6.54 Å². The predicted molar refractivity (Wildman–Crippen MR) is 84.7 cm³/mol. The zero-order chi connectivity index (χ0) is 15.2. The number of rotatable bonds is 7. The first-order chi connectivity index (χ1) is 9.35. The number of carbonyl (C=O) groups excluding carboxylic acids is 1. The van der Waals surface area contributed by atoms with Crippen molar-refractivity contribution >= 4 is 5.91 Å². The highest BCUT2D eigenvalue weighted by Crippen LogP contribution is 2.22. The van der Waals surface area contributed by atoms with E-state index < -0.39 is 0 Å². The van der Waals surface area contributed by atoms with E-state index in [4.69, 9.17) is 5.73 Å². The molecular formula is C17H28N2O. The highest BCUT2D eigenvalue weighted by atomic mass is 16.1. The molecule has 1 aromatic rings. The van der Waals surface area contributed by atoms with Crippen molar-refractivity contribution in [3.63, 3.8) is 0 Å². The Balaban J connectivity index is 2.53. The molecule has 0 radical (unpaired) electrons. The van der Waals surface area contributed by atoms with Crippen molar-refractivity contribution in [1.29, 1.82) is 0 Å². The molecule has 3 N–H and O–H groups in total. The van der Waals surface area contributed by atoms with Gasteiger partial charge in [0.05, 0.1) is 0 Å². The van der Waals surface area contributed by atoms with Gasteiger partial charge in [-0.1, -0.05) is 45.0 Å².